The molecule has 2 aromatic carbocycles. The summed E-state index contributed by atoms with van der Waals surface area (Å²) in [4.78, 5) is 16.9. The Bertz CT molecular complexity index is 726. The van der Waals surface area contributed by atoms with E-state index in [0.29, 0.717) is 16.3 Å². The first-order valence-corrected chi connectivity index (χ1v) is 8.38. The number of nitrogens with zero attached hydrogens (tertiary/aromatic N) is 2. The lowest BCUT2D eigenvalue weighted by atomic mass is 10.0. The number of hydrogen-bond acceptors (Lipinski definition) is 3. The number of amides is 1. The highest BCUT2D eigenvalue weighted by atomic mass is 35.5. The van der Waals surface area contributed by atoms with Crippen LogP contribution < -0.4 is 4.74 Å². The Labute approximate surface area is 147 Å². The lowest BCUT2D eigenvalue weighted by Gasteiger charge is -2.32. The first kappa shape index (κ1) is 16.8. The molecule has 0 saturated carbocycles. The minimum atomic E-state index is -0.0264. The zero-order valence-electron chi connectivity index (χ0n) is 14.0. The Balaban J connectivity index is 1.94. The van der Waals surface area contributed by atoms with Gasteiger partial charge in [-0.1, -0.05) is 41.9 Å². The van der Waals surface area contributed by atoms with E-state index in [4.69, 9.17) is 16.3 Å². The van der Waals surface area contributed by atoms with Gasteiger partial charge in [-0.25, -0.2) is 0 Å². The molecule has 0 bridgehead atoms. The van der Waals surface area contributed by atoms with E-state index < -0.39 is 0 Å². The van der Waals surface area contributed by atoms with Crippen LogP contribution in [0.2, 0.25) is 5.02 Å². The zero-order valence-corrected chi connectivity index (χ0v) is 14.7. The van der Waals surface area contributed by atoms with E-state index in [1.54, 1.807) is 13.2 Å². The van der Waals surface area contributed by atoms with E-state index in [1.807, 2.05) is 41.3 Å². The van der Waals surface area contributed by atoms with Gasteiger partial charge in [0, 0.05) is 36.8 Å². The summed E-state index contributed by atoms with van der Waals surface area (Å²) in [5, 5.41) is 0.555. The molecular weight excluding hydrogens is 324 g/mol. The maximum absolute atomic E-state index is 12.9. The maximum atomic E-state index is 12.9. The number of benzene rings is 2. The third-order valence-corrected chi connectivity index (χ3v) is 4.71. The molecular formula is C19H21ClN2O2. The number of ether oxygens (including phenoxy) is 1. The van der Waals surface area contributed by atoms with Crippen molar-refractivity contribution in [3.8, 4) is 16.9 Å². The van der Waals surface area contributed by atoms with Gasteiger partial charge in [-0.05, 0) is 24.7 Å². The third-order valence-electron chi connectivity index (χ3n) is 4.39. The van der Waals surface area contributed by atoms with Gasteiger partial charge in [-0.2, -0.15) is 0 Å². The van der Waals surface area contributed by atoms with E-state index >= 15 is 0 Å². The molecule has 0 spiro atoms. The summed E-state index contributed by atoms with van der Waals surface area (Å²) in [7, 11) is 3.65. The van der Waals surface area contributed by atoms with Crippen molar-refractivity contribution in [3.63, 3.8) is 0 Å². The maximum Gasteiger partial charge on any atom is 0.257 e. The average molecular weight is 345 g/mol. The van der Waals surface area contributed by atoms with Crippen molar-refractivity contribution in [2.24, 2.45) is 0 Å². The lowest BCUT2D eigenvalue weighted by molar-refractivity contribution is 0.0661. The van der Waals surface area contributed by atoms with E-state index in [1.165, 1.54) is 0 Å². The van der Waals surface area contributed by atoms with Crippen LogP contribution in [0, 0.1) is 0 Å². The minimum absolute atomic E-state index is 0.0264. The predicted octanol–water partition coefficient (Wildman–Crippen LogP) is 3.40. The number of rotatable bonds is 3. The van der Waals surface area contributed by atoms with Crippen molar-refractivity contribution in [3.05, 3.63) is 53.1 Å². The topological polar surface area (TPSA) is 32.8 Å². The van der Waals surface area contributed by atoms with Crippen molar-refractivity contribution >= 4 is 17.5 Å². The fraction of sp³-hybridized carbons (Fsp3) is 0.316. The summed E-state index contributed by atoms with van der Waals surface area (Å²) in [5.41, 5.74) is 2.38. The lowest BCUT2D eigenvalue weighted by Crippen LogP contribution is -2.47. The fourth-order valence-electron chi connectivity index (χ4n) is 2.91. The first-order chi connectivity index (χ1) is 11.6. The molecule has 0 aromatic heterocycles. The van der Waals surface area contributed by atoms with Gasteiger partial charge in [0.15, 0.2) is 0 Å². The van der Waals surface area contributed by atoms with Crippen molar-refractivity contribution in [2.45, 2.75) is 0 Å². The van der Waals surface area contributed by atoms with Crippen LogP contribution in [0.15, 0.2) is 42.5 Å². The molecule has 1 saturated heterocycles. The van der Waals surface area contributed by atoms with Crippen LogP contribution in [0.3, 0.4) is 0 Å². The Morgan fingerprint density at radius 2 is 1.75 bits per heavy atom. The second-order valence-corrected chi connectivity index (χ2v) is 6.40. The summed E-state index contributed by atoms with van der Waals surface area (Å²) in [6, 6.07) is 13.4. The molecule has 126 valence electrons. The van der Waals surface area contributed by atoms with Crippen molar-refractivity contribution in [2.75, 3.05) is 40.3 Å². The molecule has 1 heterocycles. The average Bonchev–Trinajstić information content (AvgIpc) is 2.62. The second kappa shape index (κ2) is 7.24. The summed E-state index contributed by atoms with van der Waals surface area (Å²) in [6.45, 7) is 3.20. The van der Waals surface area contributed by atoms with E-state index in [9.17, 15) is 4.79 Å². The smallest absolute Gasteiger partial charge is 0.257 e. The van der Waals surface area contributed by atoms with Gasteiger partial charge in [0.2, 0.25) is 0 Å². The molecule has 1 aliphatic rings. The standard InChI is InChI=1S/C19H21ClN2O2/c1-21-8-10-22(11-9-21)19(23)16-12-17(20)15(13-18(16)24-2)14-6-4-3-5-7-14/h3-7,12-13H,8-11H2,1-2H3. The van der Waals surface area contributed by atoms with E-state index in [-0.39, 0.29) is 5.91 Å². The van der Waals surface area contributed by atoms with Crippen LogP contribution in [-0.2, 0) is 0 Å². The molecule has 5 heteroatoms. The second-order valence-electron chi connectivity index (χ2n) is 5.99. The first-order valence-electron chi connectivity index (χ1n) is 8.01. The summed E-state index contributed by atoms with van der Waals surface area (Å²) >= 11 is 6.46. The number of piperazine rings is 1. The Hall–Kier alpha value is -2.04. The van der Waals surface area contributed by atoms with Crippen molar-refractivity contribution in [1.82, 2.24) is 9.80 Å². The fourth-order valence-corrected chi connectivity index (χ4v) is 3.18. The number of likely N-dealkylation sites (N-methyl/N-ethyl adjacent to an activating group) is 1. The van der Waals surface area contributed by atoms with Crippen molar-refractivity contribution in [1.29, 1.82) is 0 Å². The number of carbonyl (C=O) groups excluding carboxylic acids is 1. The molecule has 1 amide bonds. The molecule has 3 rings (SSSR count). The SMILES string of the molecule is COc1cc(-c2ccccc2)c(Cl)cc1C(=O)N1CCN(C)CC1. The molecule has 1 fully saturated rings. The van der Waals surface area contributed by atoms with Crippen LogP contribution in [0.5, 0.6) is 5.75 Å². The van der Waals surface area contributed by atoms with Gasteiger partial charge in [-0.3, -0.25) is 4.79 Å². The van der Waals surface area contributed by atoms with Crippen LogP contribution in [0.25, 0.3) is 11.1 Å². The third kappa shape index (κ3) is 3.40. The Morgan fingerprint density at radius 3 is 2.38 bits per heavy atom. The molecule has 1 aliphatic heterocycles. The summed E-state index contributed by atoms with van der Waals surface area (Å²) < 4.78 is 5.48. The Kier molecular flexibility index (Phi) is 5.07. The quantitative estimate of drug-likeness (QED) is 0.855. The molecule has 0 radical (unpaired) electrons. The number of hydrogen-bond donors (Lipinski definition) is 0. The molecule has 0 N–H and O–H groups in total. The van der Waals surface area contributed by atoms with Gasteiger partial charge in [0.05, 0.1) is 12.7 Å². The molecule has 0 unspecified atom stereocenters. The number of carbonyl (C=O) groups is 1. The highest BCUT2D eigenvalue weighted by Crippen LogP contribution is 2.34. The highest BCUT2D eigenvalue weighted by Gasteiger charge is 2.24. The number of methoxy groups -OCH3 is 1. The molecule has 24 heavy (non-hydrogen) atoms. The Morgan fingerprint density at radius 1 is 1.08 bits per heavy atom. The zero-order chi connectivity index (χ0) is 17.1. The van der Waals surface area contributed by atoms with Crippen LogP contribution in [0.4, 0.5) is 0 Å². The molecule has 4 nitrogen and oxygen atoms in total. The van der Waals surface area contributed by atoms with Crippen LogP contribution in [-0.4, -0.2) is 56.0 Å². The normalized spacial score (nSPS) is 15.4. The molecule has 0 atom stereocenters. The number of halogens is 1. The van der Waals surface area contributed by atoms with Gasteiger partial charge in [0.1, 0.15) is 5.75 Å². The molecule has 2 aromatic rings. The monoisotopic (exact) mass is 344 g/mol. The highest BCUT2D eigenvalue weighted by molar-refractivity contribution is 6.33. The predicted molar refractivity (Wildman–Crippen MR) is 96.8 cm³/mol. The summed E-state index contributed by atoms with van der Waals surface area (Å²) in [5.74, 6) is 0.531. The van der Waals surface area contributed by atoms with E-state index in [0.717, 1.165) is 37.3 Å². The van der Waals surface area contributed by atoms with Crippen molar-refractivity contribution < 1.29 is 9.53 Å². The van der Waals surface area contributed by atoms with Crippen LogP contribution in [0.1, 0.15) is 10.4 Å². The van der Waals surface area contributed by atoms with Gasteiger partial charge >= 0.3 is 0 Å². The van der Waals surface area contributed by atoms with E-state index in [2.05, 4.69) is 11.9 Å². The van der Waals surface area contributed by atoms with Crippen LogP contribution >= 0.6 is 11.6 Å². The van der Waals surface area contributed by atoms with Gasteiger partial charge < -0.3 is 14.5 Å². The molecule has 0 aliphatic carbocycles. The summed E-state index contributed by atoms with van der Waals surface area (Å²) in [6.07, 6.45) is 0. The minimum Gasteiger partial charge on any atom is -0.496 e. The van der Waals surface area contributed by atoms with Gasteiger partial charge in [-0.15, -0.1) is 0 Å². The largest absolute Gasteiger partial charge is 0.496 e. The van der Waals surface area contributed by atoms with Gasteiger partial charge in [0.25, 0.3) is 5.91 Å².